The van der Waals surface area contributed by atoms with Crippen molar-refractivity contribution in [1.82, 2.24) is 0 Å². The normalized spacial score (nSPS) is 13.4. The lowest BCUT2D eigenvalue weighted by Gasteiger charge is -2.16. The van der Waals surface area contributed by atoms with Gasteiger partial charge in [0.15, 0.2) is 23.0 Å². The summed E-state index contributed by atoms with van der Waals surface area (Å²) >= 11 is 0. The first kappa shape index (κ1) is 56.9. The van der Waals surface area contributed by atoms with Gasteiger partial charge in [-0.05, 0) is 84.1 Å². The predicted octanol–water partition coefficient (Wildman–Crippen LogP) is 14.6. The molecule has 1 aliphatic rings. The lowest BCUT2D eigenvalue weighted by Crippen LogP contribution is -2.13. The quantitative estimate of drug-likeness (QED) is 0.0336. The van der Waals surface area contributed by atoms with Gasteiger partial charge in [0.2, 0.25) is 0 Å². The minimum absolute atomic E-state index is 0.0213. The fourth-order valence-electron chi connectivity index (χ4n) is 8.18. The van der Waals surface area contributed by atoms with Gasteiger partial charge in [-0.3, -0.25) is 0 Å². The second kappa shape index (κ2) is 36.9. The molecule has 0 bridgehead atoms. The van der Waals surface area contributed by atoms with E-state index in [4.69, 9.17) is 47.4 Å². The molecule has 0 radical (unpaired) electrons. The Morgan fingerprint density at radius 1 is 0.394 bits per heavy atom. The van der Waals surface area contributed by atoms with Gasteiger partial charge in [-0.25, -0.2) is 4.79 Å². The van der Waals surface area contributed by atoms with Gasteiger partial charge in [0.25, 0.3) is 0 Å². The van der Waals surface area contributed by atoms with Crippen molar-refractivity contribution < 1.29 is 52.2 Å². The van der Waals surface area contributed by atoms with Crippen molar-refractivity contribution in [1.29, 1.82) is 0 Å². The molecule has 71 heavy (non-hydrogen) atoms. The van der Waals surface area contributed by atoms with Crippen LogP contribution in [0.5, 0.6) is 34.5 Å². The third-order valence-corrected chi connectivity index (χ3v) is 12.4. The summed E-state index contributed by atoms with van der Waals surface area (Å²) in [6.07, 6.45) is 25.9. The van der Waals surface area contributed by atoms with Crippen molar-refractivity contribution in [3.63, 3.8) is 0 Å². The molecule has 0 unspecified atom stereocenters. The van der Waals surface area contributed by atoms with E-state index in [9.17, 15) is 4.79 Å². The molecule has 392 valence electrons. The highest BCUT2D eigenvalue weighted by Crippen LogP contribution is 2.32. The van der Waals surface area contributed by atoms with Gasteiger partial charge in [0.1, 0.15) is 44.5 Å². The van der Waals surface area contributed by atoms with Gasteiger partial charge < -0.3 is 47.4 Å². The second-order valence-corrected chi connectivity index (χ2v) is 18.5. The van der Waals surface area contributed by atoms with E-state index in [1.54, 1.807) is 18.2 Å². The summed E-state index contributed by atoms with van der Waals surface area (Å²) in [6.45, 7) is 9.97. The van der Waals surface area contributed by atoms with Crippen molar-refractivity contribution in [3.05, 3.63) is 107 Å². The number of carbonyl (C=O) groups is 1. The predicted molar refractivity (Wildman–Crippen MR) is 282 cm³/mol. The van der Waals surface area contributed by atoms with Crippen molar-refractivity contribution in [2.75, 3.05) is 66.1 Å². The van der Waals surface area contributed by atoms with Crippen molar-refractivity contribution in [2.24, 2.45) is 0 Å². The monoisotopic (exact) mass is 983 g/mol. The SMILES string of the molecule is CCCCCCCCCCCCOc1ccc(COc2ccc(C(=O)OCc3ccc4c(c3)OCCOCCOCCOCCO4)cc2OCc2ccc(OCCCCCCCCCCCC)cc2)cc1. The highest BCUT2D eigenvalue weighted by atomic mass is 16.6. The number of ether oxygens (including phenoxy) is 10. The summed E-state index contributed by atoms with van der Waals surface area (Å²) in [6, 6.07) is 26.7. The summed E-state index contributed by atoms with van der Waals surface area (Å²) in [5, 5.41) is 0. The largest absolute Gasteiger partial charge is 0.494 e. The molecule has 0 saturated carbocycles. The minimum Gasteiger partial charge on any atom is -0.494 e. The fraction of sp³-hybridized carbons (Fsp3) is 0.583. The first-order valence-electron chi connectivity index (χ1n) is 27.2. The van der Waals surface area contributed by atoms with Crippen LogP contribution < -0.4 is 28.4 Å². The number of esters is 1. The Kier molecular flexibility index (Phi) is 29.6. The van der Waals surface area contributed by atoms with Gasteiger partial charge >= 0.3 is 5.97 Å². The molecule has 0 saturated heterocycles. The number of carbonyl (C=O) groups excluding carboxylic acids is 1. The Hall–Kier alpha value is -4.97. The number of rotatable bonds is 33. The molecule has 1 heterocycles. The molecule has 0 aliphatic carbocycles. The van der Waals surface area contributed by atoms with Gasteiger partial charge in [-0.1, -0.05) is 160 Å². The van der Waals surface area contributed by atoms with E-state index < -0.39 is 5.97 Å². The Morgan fingerprint density at radius 2 is 0.817 bits per heavy atom. The van der Waals surface area contributed by atoms with Crippen LogP contribution in [0.1, 0.15) is 169 Å². The number of hydrogen-bond acceptors (Lipinski definition) is 11. The lowest BCUT2D eigenvalue weighted by molar-refractivity contribution is 0.00708. The second-order valence-electron chi connectivity index (χ2n) is 18.5. The van der Waals surface area contributed by atoms with E-state index >= 15 is 0 Å². The number of unbranched alkanes of at least 4 members (excludes halogenated alkanes) is 18. The van der Waals surface area contributed by atoms with Crippen LogP contribution in [0.4, 0.5) is 0 Å². The molecule has 4 aromatic rings. The molecule has 1 aliphatic heterocycles. The highest BCUT2D eigenvalue weighted by molar-refractivity contribution is 5.90. The van der Waals surface area contributed by atoms with Crippen LogP contribution in [0.3, 0.4) is 0 Å². The number of benzene rings is 4. The molecule has 4 aromatic carbocycles. The van der Waals surface area contributed by atoms with Gasteiger partial charge in [-0.2, -0.15) is 0 Å². The zero-order valence-electron chi connectivity index (χ0n) is 43.4. The van der Waals surface area contributed by atoms with Crippen LogP contribution in [-0.2, 0) is 38.8 Å². The first-order valence-corrected chi connectivity index (χ1v) is 27.2. The number of hydrogen-bond donors (Lipinski definition) is 0. The summed E-state index contributed by atoms with van der Waals surface area (Å²) in [7, 11) is 0. The summed E-state index contributed by atoms with van der Waals surface area (Å²) < 4.78 is 59.4. The van der Waals surface area contributed by atoms with Gasteiger partial charge in [0.05, 0.1) is 58.4 Å². The minimum atomic E-state index is -0.500. The van der Waals surface area contributed by atoms with Gasteiger partial charge in [-0.15, -0.1) is 0 Å². The number of fused-ring (bicyclic) bond motifs is 1. The molecule has 0 fully saturated rings. The Balaban J connectivity index is 1.14. The van der Waals surface area contributed by atoms with Crippen LogP contribution in [0.15, 0.2) is 84.9 Å². The van der Waals surface area contributed by atoms with Crippen molar-refractivity contribution >= 4 is 5.97 Å². The van der Waals surface area contributed by atoms with Gasteiger partial charge in [0, 0.05) is 0 Å². The van der Waals surface area contributed by atoms with Crippen LogP contribution in [-0.4, -0.2) is 72.0 Å². The summed E-state index contributed by atoms with van der Waals surface area (Å²) in [5.41, 5.74) is 3.02. The molecule has 0 N–H and O–H groups in total. The van der Waals surface area contributed by atoms with Crippen LogP contribution in [0.25, 0.3) is 0 Å². The third kappa shape index (κ3) is 24.8. The van der Waals surface area contributed by atoms with E-state index in [-0.39, 0.29) is 13.2 Å². The molecular formula is C60H86O11. The average Bonchev–Trinajstić information content (AvgIpc) is 3.40. The molecule has 0 aromatic heterocycles. The van der Waals surface area contributed by atoms with Crippen molar-refractivity contribution in [2.45, 2.75) is 162 Å². The van der Waals surface area contributed by atoms with Crippen LogP contribution >= 0.6 is 0 Å². The van der Waals surface area contributed by atoms with E-state index in [1.165, 1.54) is 116 Å². The molecule has 5 rings (SSSR count). The lowest BCUT2D eigenvalue weighted by atomic mass is 10.1. The highest BCUT2D eigenvalue weighted by Gasteiger charge is 2.16. The fourth-order valence-corrected chi connectivity index (χ4v) is 8.18. The van der Waals surface area contributed by atoms with E-state index in [0.29, 0.717) is 94.6 Å². The molecule has 0 amide bonds. The van der Waals surface area contributed by atoms with E-state index in [1.807, 2.05) is 66.7 Å². The third-order valence-electron chi connectivity index (χ3n) is 12.4. The molecule has 0 atom stereocenters. The maximum atomic E-state index is 13.6. The Bertz CT molecular complexity index is 1970. The zero-order chi connectivity index (χ0) is 49.7. The average molecular weight is 983 g/mol. The molecule has 0 spiro atoms. The molecule has 11 heteroatoms. The smallest absolute Gasteiger partial charge is 0.338 e. The standard InChI is InChI=1S/C60H86O11/c1-3-5-7-9-11-13-15-17-19-21-35-65-54-29-23-50(24-30-54)47-69-57-34-28-53(46-59(57)70-48-51-25-31-55(32-26-51)66-36-22-20-18-16-14-12-10-8-6-4-2)60(61)71-49-52-27-33-56-58(45-52)68-44-42-64-40-38-62-37-39-63-41-43-67-56/h23-34,45-46H,3-22,35-44,47-49H2,1-2H3. The summed E-state index contributed by atoms with van der Waals surface area (Å²) in [4.78, 5) is 13.6. The first-order chi connectivity index (χ1) is 35.1. The van der Waals surface area contributed by atoms with Crippen LogP contribution in [0.2, 0.25) is 0 Å². The van der Waals surface area contributed by atoms with E-state index in [2.05, 4.69) is 13.8 Å². The molecular weight excluding hydrogens is 897 g/mol. The Labute approximate surface area is 426 Å². The topological polar surface area (TPSA) is 109 Å². The maximum absolute atomic E-state index is 13.6. The summed E-state index contributed by atoms with van der Waals surface area (Å²) in [5.74, 6) is 3.25. The van der Waals surface area contributed by atoms with Crippen molar-refractivity contribution in [3.8, 4) is 34.5 Å². The zero-order valence-corrected chi connectivity index (χ0v) is 43.4. The maximum Gasteiger partial charge on any atom is 0.338 e. The Morgan fingerprint density at radius 3 is 1.31 bits per heavy atom. The van der Waals surface area contributed by atoms with Crippen LogP contribution in [0, 0.1) is 0 Å². The van der Waals surface area contributed by atoms with E-state index in [0.717, 1.165) is 47.6 Å². The molecule has 11 nitrogen and oxygen atoms in total.